The summed E-state index contributed by atoms with van der Waals surface area (Å²) in [4.78, 5) is 5.15. The Balaban J connectivity index is 1.11. The van der Waals surface area contributed by atoms with Crippen molar-refractivity contribution in [2.75, 3.05) is 0 Å². The molecule has 0 bridgehead atoms. The van der Waals surface area contributed by atoms with E-state index in [1.54, 1.807) is 0 Å². The number of imidazole rings is 1. The summed E-state index contributed by atoms with van der Waals surface area (Å²) in [7, 11) is 0. The smallest absolute Gasteiger partial charge is 0.145 e. The Morgan fingerprint density at radius 2 is 1.30 bits per heavy atom. The third kappa shape index (κ3) is 5.28. The fourth-order valence-electron chi connectivity index (χ4n) is 10.0. The summed E-state index contributed by atoms with van der Waals surface area (Å²) in [6.45, 7) is 4.84. The highest BCUT2D eigenvalue weighted by Gasteiger charge is 2.46. The third-order valence-electron chi connectivity index (χ3n) is 12.8. The van der Waals surface area contributed by atoms with Gasteiger partial charge in [-0.2, -0.15) is 0 Å². The molecule has 7 aromatic carbocycles. The monoisotopic (exact) mass is 730 g/mol. The molecule has 1 heterocycles. The summed E-state index contributed by atoms with van der Waals surface area (Å²) in [6, 6.07) is 59.8. The van der Waals surface area contributed by atoms with E-state index < -0.39 is 0 Å². The van der Waals surface area contributed by atoms with Crippen molar-refractivity contribution in [1.82, 2.24) is 9.55 Å². The molecule has 0 saturated heterocycles. The van der Waals surface area contributed by atoms with Crippen LogP contribution in [0.5, 0.6) is 0 Å². The number of para-hydroxylation sites is 3. The summed E-state index contributed by atoms with van der Waals surface area (Å²) in [5.41, 5.74) is 17.3. The fourth-order valence-corrected chi connectivity index (χ4v) is 10.0. The SMILES string of the molecule is CC1CC=Cc2c1cccc2C1c2ccccc2C(c2cccc3ccccc23)=C2C=C(c3ccc(-c4nc5ccccc5n4-c4ccccc4)cc3)C=CC21C. The number of benzene rings is 7. The number of nitrogens with zero attached hydrogens (tertiary/aromatic N) is 2. The minimum Gasteiger partial charge on any atom is -0.292 e. The first-order chi connectivity index (χ1) is 28.1. The van der Waals surface area contributed by atoms with E-state index in [0.29, 0.717) is 5.92 Å². The summed E-state index contributed by atoms with van der Waals surface area (Å²) in [5, 5.41) is 2.54. The number of hydrogen-bond acceptors (Lipinski definition) is 1. The highest BCUT2D eigenvalue weighted by molar-refractivity contribution is 6.02. The molecule has 3 aliphatic carbocycles. The molecule has 0 radical (unpaired) electrons. The number of allylic oxidation sites excluding steroid dienone is 6. The lowest BCUT2D eigenvalue weighted by Crippen LogP contribution is -2.33. The van der Waals surface area contributed by atoms with E-state index in [1.165, 1.54) is 66.4 Å². The highest BCUT2D eigenvalue weighted by Crippen LogP contribution is 2.59. The van der Waals surface area contributed by atoms with E-state index in [1.807, 2.05) is 0 Å². The summed E-state index contributed by atoms with van der Waals surface area (Å²) in [5.74, 6) is 1.57. The zero-order valence-corrected chi connectivity index (χ0v) is 32.2. The molecule has 272 valence electrons. The summed E-state index contributed by atoms with van der Waals surface area (Å²) >= 11 is 0. The Hall–Kier alpha value is -6.77. The first-order valence-electron chi connectivity index (χ1n) is 20.2. The van der Waals surface area contributed by atoms with Crippen molar-refractivity contribution in [2.45, 2.75) is 32.1 Å². The largest absolute Gasteiger partial charge is 0.292 e. The molecular weight excluding hydrogens is 689 g/mol. The molecule has 3 atom stereocenters. The van der Waals surface area contributed by atoms with Crippen LogP contribution in [0.2, 0.25) is 0 Å². The van der Waals surface area contributed by atoms with E-state index in [-0.39, 0.29) is 11.3 Å². The average Bonchev–Trinajstić information content (AvgIpc) is 3.66. The van der Waals surface area contributed by atoms with Crippen molar-refractivity contribution in [3.8, 4) is 17.1 Å². The van der Waals surface area contributed by atoms with Crippen molar-refractivity contribution in [1.29, 1.82) is 0 Å². The van der Waals surface area contributed by atoms with Crippen LogP contribution in [0.4, 0.5) is 0 Å². The van der Waals surface area contributed by atoms with Crippen molar-refractivity contribution in [2.24, 2.45) is 5.41 Å². The second-order valence-electron chi connectivity index (χ2n) is 16.1. The summed E-state index contributed by atoms with van der Waals surface area (Å²) < 4.78 is 2.27. The lowest BCUT2D eigenvalue weighted by molar-refractivity contribution is 0.448. The van der Waals surface area contributed by atoms with Gasteiger partial charge in [0.2, 0.25) is 0 Å². The van der Waals surface area contributed by atoms with Crippen LogP contribution in [-0.2, 0) is 0 Å². The van der Waals surface area contributed by atoms with E-state index >= 15 is 0 Å². The Labute approximate surface area is 334 Å². The molecule has 0 N–H and O–H groups in total. The number of hydrogen-bond donors (Lipinski definition) is 0. The van der Waals surface area contributed by atoms with Gasteiger partial charge >= 0.3 is 0 Å². The van der Waals surface area contributed by atoms with Crippen LogP contribution in [0.25, 0.3) is 56.1 Å². The Kier molecular flexibility index (Phi) is 7.76. The number of aromatic nitrogens is 2. The summed E-state index contributed by atoms with van der Waals surface area (Å²) in [6.07, 6.45) is 13.2. The van der Waals surface area contributed by atoms with Crippen LogP contribution in [0.15, 0.2) is 194 Å². The second-order valence-corrected chi connectivity index (χ2v) is 16.1. The first kappa shape index (κ1) is 33.6. The lowest BCUT2D eigenvalue weighted by Gasteiger charge is -2.46. The predicted octanol–water partition coefficient (Wildman–Crippen LogP) is 14.0. The average molecular weight is 731 g/mol. The van der Waals surface area contributed by atoms with Gasteiger partial charge in [-0.1, -0.05) is 178 Å². The number of rotatable bonds is 5. The standard InChI is InChI=1S/C55H42N2/c1-36-15-12-24-44-42(36)23-14-26-47(44)53-48-22-9-8-21-46(48)52(45-25-13-17-38-16-6-7-20-43(38)45)49-35-40(33-34-55(49,53)2)37-29-31-39(32-30-37)54-56-50-27-10-11-28-51(50)57(54)41-18-4-3-5-19-41/h3-14,16-36,53H,15H2,1-2H3. The lowest BCUT2D eigenvalue weighted by atomic mass is 9.56. The van der Waals surface area contributed by atoms with Crippen molar-refractivity contribution < 1.29 is 0 Å². The topological polar surface area (TPSA) is 17.8 Å². The van der Waals surface area contributed by atoms with E-state index in [2.05, 4.69) is 213 Å². The maximum Gasteiger partial charge on any atom is 0.145 e. The molecule has 2 nitrogen and oxygen atoms in total. The first-order valence-corrected chi connectivity index (χ1v) is 20.2. The van der Waals surface area contributed by atoms with Gasteiger partial charge in [-0.15, -0.1) is 0 Å². The van der Waals surface area contributed by atoms with Gasteiger partial charge in [-0.3, -0.25) is 4.57 Å². The quantitative estimate of drug-likeness (QED) is 0.172. The van der Waals surface area contributed by atoms with Crippen molar-refractivity contribution in [3.05, 3.63) is 233 Å². The predicted molar refractivity (Wildman–Crippen MR) is 238 cm³/mol. The van der Waals surface area contributed by atoms with Crippen molar-refractivity contribution in [3.63, 3.8) is 0 Å². The van der Waals surface area contributed by atoms with Crippen LogP contribution in [0, 0.1) is 5.41 Å². The van der Waals surface area contributed by atoms with Crippen LogP contribution < -0.4 is 0 Å². The van der Waals surface area contributed by atoms with Gasteiger partial charge in [0.05, 0.1) is 11.0 Å². The zero-order valence-electron chi connectivity index (χ0n) is 32.2. The third-order valence-corrected chi connectivity index (χ3v) is 12.8. The molecule has 3 aliphatic rings. The van der Waals surface area contributed by atoms with Crippen molar-refractivity contribution >= 4 is 39.0 Å². The normalized spacial score (nSPS) is 19.6. The maximum absolute atomic E-state index is 5.15. The van der Waals surface area contributed by atoms with Gasteiger partial charge in [0, 0.05) is 22.6 Å². The Morgan fingerprint density at radius 1 is 0.614 bits per heavy atom. The maximum atomic E-state index is 5.15. The molecular formula is C55H42N2. The van der Waals surface area contributed by atoms with Gasteiger partial charge in [-0.05, 0) is 109 Å². The molecule has 8 aromatic rings. The van der Waals surface area contributed by atoms with Crippen LogP contribution in [0.1, 0.15) is 71.0 Å². The minimum atomic E-state index is -0.311. The Bertz CT molecular complexity index is 3000. The fraction of sp³-hybridized carbons (Fsp3) is 0.109. The van der Waals surface area contributed by atoms with Crippen LogP contribution in [-0.4, -0.2) is 9.55 Å². The second kappa shape index (κ2) is 13.2. The molecule has 0 spiro atoms. The molecule has 2 heteroatoms. The van der Waals surface area contributed by atoms with Crippen LogP contribution >= 0.6 is 0 Å². The molecule has 3 unspecified atom stereocenters. The van der Waals surface area contributed by atoms with Gasteiger partial charge < -0.3 is 0 Å². The molecule has 0 amide bonds. The zero-order chi connectivity index (χ0) is 38.1. The number of fused-ring (bicyclic) bond motifs is 5. The van der Waals surface area contributed by atoms with Gasteiger partial charge in [0.15, 0.2) is 0 Å². The van der Waals surface area contributed by atoms with Gasteiger partial charge in [0.1, 0.15) is 5.82 Å². The molecule has 0 saturated carbocycles. The Morgan fingerprint density at radius 3 is 2.19 bits per heavy atom. The molecule has 57 heavy (non-hydrogen) atoms. The molecule has 1 aromatic heterocycles. The molecule has 11 rings (SSSR count). The van der Waals surface area contributed by atoms with E-state index in [0.717, 1.165) is 34.5 Å². The highest BCUT2D eigenvalue weighted by atomic mass is 15.1. The van der Waals surface area contributed by atoms with E-state index in [9.17, 15) is 0 Å². The molecule has 0 fully saturated rings. The molecule has 0 aliphatic heterocycles. The van der Waals surface area contributed by atoms with Gasteiger partial charge in [-0.25, -0.2) is 4.98 Å². The van der Waals surface area contributed by atoms with Gasteiger partial charge in [0.25, 0.3) is 0 Å². The van der Waals surface area contributed by atoms with E-state index in [4.69, 9.17) is 4.98 Å². The minimum absolute atomic E-state index is 0.134. The van der Waals surface area contributed by atoms with Crippen LogP contribution in [0.3, 0.4) is 0 Å².